The number of aliphatic hydroxyl groups excluding tert-OH is 1. The summed E-state index contributed by atoms with van der Waals surface area (Å²) in [6.45, 7) is 9.02. The minimum absolute atomic E-state index is 0.0729. The van der Waals surface area contributed by atoms with E-state index in [0.29, 0.717) is 0 Å². The SMILES string of the molecule is CC(=O)O[C@H]1C[C@](C)(O)[C@]23OC(C)(C)[C@H]([C@H](OC(=O)c4ccco4)[C@@H](OC(=O)c4ccccc4)[C@]2(COC(=O)C(C)C)[C@H]1OC(C)=O)[C@H]3O. The summed E-state index contributed by atoms with van der Waals surface area (Å²) < 4.78 is 41.8. The maximum Gasteiger partial charge on any atom is 0.374 e. The Balaban J connectivity index is 1.85. The molecule has 1 aromatic heterocycles. The average Bonchev–Trinajstić information content (AvgIpc) is 3.61. The smallest absolute Gasteiger partial charge is 0.374 e. The second-order valence-corrected chi connectivity index (χ2v) is 13.9. The van der Waals surface area contributed by atoms with Gasteiger partial charge < -0.3 is 43.1 Å². The lowest BCUT2D eigenvalue weighted by atomic mass is 9.45. The first-order valence-electron chi connectivity index (χ1n) is 16.0. The monoisotopic (exact) mass is 686 g/mol. The van der Waals surface area contributed by atoms with E-state index in [4.69, 9.17) is 32.8 Å². The van der Waals surface area contributed by atoms with Crippen LogP contribution in [0.15, 0.2) is 53.1 Å². The van der Waals surface area contributed by atoms with Crippen LogP contribution in [0.2, 0.25) is 0 Å². The zero-order valence-electron chi connectivity index (χ0n) is 28.4. The second-order valence-electron chi connectivity index (χ2n) is 13.9. The third kappa shape index (κ3) is 5.89. The van der Waals surface area contributed by atoms with E-state index < -0.39 is 107 Å². The van der Waals surface area contributed by atoms with Gasteiger partial charge in [-0.15, -0.1) is 0 Å². The fourth-order valence-corrected chi connectivity index (χ4v) is 8.05. The van der Waals surface area contributed by atoms with Crippen LogP contribution >= 0.6 is 0 Å². The van der Waals surface area contributed by atoms with Crippen LogP contribution in [-0.4, -0.2) is 94.0 Å². The Bertz CT molecular complexity index is 1580. The van der Waals surface area contributed by atoms with Crippen LogP contribution in [0.3, 0.4) is 0 Å². The first kappa shape index (κ1) is 36.0. The topological polar surface area (TPSA) is 194 Å². The van der Waals surface area contributed by atoms with Gasteiger partial charge in [0, 0.05) is 20.3 Å². The number of ether oxygens (including phenoxy) is 6. The molecule has 1 spiro atoms. The van der Waals surface area contributed by atoms with E-state index in [9.17, 15) is 34.2 Å². The lowest BCUT2D eigenvalue weighted by molar-refractivity contribution is -0.362. The normalized spacial score (nSPS) is 34.3. The molecule has 14 nitrogen and oxygen atoms in total. The number of carbonyl (C=O) groups is 5. The molecule has 2 N–H and O–H groups in total. The van der Waals surface area contributed by atoms with Gasteiger partial charge in [0.25, 0.3) is 0 Å². The van der Waals surface area contributed by atoms with E-state index >= 15 is 0 Å². The highest BCUT2D eigenvalue weighted by Gasteiger charge is 2.88. The van der Waals surface area contributed by atoms with Crippen molar-refractivity contribution in [3.05, 3.63) is 60.1 Å². The zero-order valence-corrected chi connectivity index (χ0v) is 28.4. The molecule has 49 heavy (non-hydrogen) atoms. The van der Waals surface area contributed by atoms with Crippen molar-refractivity contribution in [3.8, 4) is 0 Å². The summed E-state index contributed by atoms with van der Waals surface area (Å²) in [7, 11) is 0. The Labute approximate surface area is 282 Å². The molecule has 9 atom stereocenters. The van der Waals surface area contributed by atoms with Gasteiger partial charge >= 0.3 is 29.8 Å². The van der Waals surface area contributed by atoms with Crippen LogP contribution in [-0.2, 0) is 42.8 Å². The molecule has 3 aliphatic rings. The molecule has 2 bridgehead atoms. The van der Waals surface area contributed by atoms with E-state index in [-0.39, 0.29) is 11.3 Å². The summed E-state index contributed by atoms with van der Waals surface area (Å²) in [4.78, 5) is 66.2. The molecule has 1 aliphatic heterocycles. The summed E-state index contributed by atoms with van der Waals surface area (Å²) in [6.07, 6.45) is -7.50. The van der Waals surface area contributed by atoms with Crippen molar-refractivity contribution in [2.45, 2.75) is 102 Å². The Morgan fingerprint density at radius 2 is 1.53 bits per heavy atom. The van der Waals surface area contributed by atoms with E-state index in [0.717, 1.165) is 13.8 Å². The van der Waals surface area contributed by atoms with Gasteiger partial charge in [-0.1, -0.05) is 32.0 Å². The molecule has 2 aliphatic carbocycles. The minimum atomic E-state index is -2.30. The third-order valence-corrected chi connectivity index (χ3v) is 9.82. The van der Waals surface area contributed by atoms with Gasteiger partial charge in [0.05, 0.1) is 41.0 Å². The molecule has 3 fully saturated rings. The van der Waals surface area contributed by atoms with Gasteiger partial charge in [-0.3, -0.25) is 14.4 Å². The largest absolute Gasteiger partial charge is 0.464 e. The van der Waals surface area contributed by atoms with Gasteiger partial charge in [0.15, 0.2) is 12.2 Å². The number of hydrogen-bond donors (Lipinski definition) is 2. The molecule has 2 saturated carbocycles. The summed E-state index contributed by atoms with van der Waals surface area (Å²) in [6, 6.07) is 10.6. The number of esters is 5. The van der Waals surface area contributed by atoms with Crippen LogP contribution < -0.4 is 0 Å². The summed E-state index contributed by atoms with van der Waals surface area (Å²) in [5.74, 6) is -6.50. The Morgan fingerprint density at radius 3 is 2.10 bits per heavy atom. The summed E-state index contributed by atoms with van der Waals surface area (Å²) >= 11 is 0. The molecule has 0 unspecified atom stereocenters. The van der Waals surface area contributed by atoms with Crippen molar-refractivity contribution >= 4 is 29.8 Å². The number of furan rings is 1. The lowest BCUT2D eigenvalue weighted by Crippen LogP contribution is -2.85. The van der Waals surface area contributed by atoms with Gasteiger partial charge in [-0.2, -0.15) is 0 Å². The van der Waals surface area contributed by atoms with Crippen LogP contribution in [0.1, 0.15) is 75.8 Å². The molecular weight excluding hydrogens is 644 g/mol. The maximum atomic E-state index is 14.0. The Kier molecular flexibility index (Phi) is 9.47. The first-order valence-corrected chi connectivity index (χ1v) is 16.0. The highest BCUT2D eigenvalue weighted by molar-refractivity contribution is 5.90. The van der Waals surface area contributed by atoms with Gasteiger partial charge in [0.1, 0.15) is 29.8 Å². The quantitative estimate of drug-likeness (QED) is 0.289. The van der Waals surface area contributed by atoms with Crippen LogP contribution in [0.25, 0.3) is 0 Å². The zero-order chi connectivity index (χ0) is 36.1. The fourth-order valence-electron chi connectivity index (χ4n) is 8.05. The molecule has 14 heteroatoms. The van der Waals surface area contributed by atoms with Crippen LogP contribution in [0.5, 0.6) is 0 Å². The molecule has 266 valence electrons. The molecule has 0 radical (unpaired) electrons. The minimum Gasteiger partial charge on any atom is -0.464 e. The maximum absolute atomic E-state index is 14.0. The molecule has 2 heterocycles. The Hall–Kier alpha value is -4.27. The fraction of sp³-hybridized carbons (Fsp3) is 0.571. The number of benzene rings is 1. The molecule has 1 saturated heterocycles. The van der Waals surface area contributed by atoms with Gasteiger partial charge in [-0.25, -0.2) is 9.59 Å². The number of fused-ring (bicyclic) bond motifs is 1. The van der Waals surface area contributed by atoms with Crippen molar-refractivity contribution in [2.75, 3.05) is 6.61 Å². The van der Waals surface area contributed by atoms with E-state index in [1.807, 2.05) is 0 Å². The van der Waals surface area contributed by atoms with Gasteiger partial charge in [0.2, 0.25) is 5.76 Å². The lowest BCUT2D eigenvalue weighted by Gasteiger charge is -2.66. The highest BCUT2D eigenvalue weighted by atomic mass is 16.6. The number of aliphatic hydroxyl groups is 2. The molecule has 1 aromatic carbocycles. The van der Waals surface area contributed by atoms with E-state index in [1.54, 1.807) is 45.9 Å². The van der Waals surface area contributed by atoms with Crippen molar-refractivity contribution in [1.82, 2.24) is 0 Å². The van der Waals surface area contributed by atoms with Crippen molar-refractivity contribution < 1.29 is 67.0 Å². The third-order valence-electron chi connectivity index (χ3n) is 9.82. The number of carbonyl (C=O) groups excluding carboxylic acids is 5. The number of hydrogen-bond acceptors (Lipinski definition) is 14. The number of rotatable bonds is 9. The predicted octanol–water partition coefficient (Wildman–Crippen LogP) is 2.77. The highest BCUT2D eigenvalue weighted by Crippen LogP contribution is 2.69. The van der Waals surface area contributed by atoms with Crippen molar-refractivity contribution in [2.24, 2.45) is 17.3 Å². The predicted molar refractivity (Wildman–Crippen MR) is 166 cm³/mol. The van der Waals surface area contributed by atoms with Crippen molar-refractivity contribution in [3.63, 3.8) is 0 Å². The molecule has 2 aromatic rings. The van der Waals surface area contributed by atoms with Crippen LogP contribution in [0.4, 0.5) is 0 Å². The second kappa shape index (κ2) is 12.9. The van der Waals surface area contributed by atoms with Crippen LogP contribution in [0, 0.1) is 17.3 Å². The van der Waals surface area contributed by atoms with E-state index in [2.05, 4.69) is 0 Å². The standard InChI is InChI=1S/C35H42O14/c1-18(2)29(39)44-17-34-27(46-20(4)37)23(45-19(3)36)16-33(7,42)35(34)26(38)24(32(5,6)49-35)25(47-31(41)22-14-11-15-43-22)28(34)48-30(40)21-12-9-8-10-13-21/h8-15,18,23-28,38,42H,16-17H2,1-7H3/t23-,24+,25-,26+,27-,28+,33-,34-,35-/m0/s1. The summed E-state index contributed by atoms with van der Waals surface area (Å²) in [5, 5.41) is 25.0. The summed E-state index contributed by atoms with van der Waals surface area (Å²) in [5.41, 5.74) is -8.10. The van der Waals surface area contributed by atoms with E-state index in [1.165, 1.54) is 37.5 Å². The molecular formula is C35H42O14. The average molecular weight is 687 g/mol. The first-order chi connectivity index (χ1) is 22.9. The van der Waals surface area contributed by atoms with Crippen molar-refractivity contribution in [1.29, 1.82) is 0 Å². The molecule has 5 rings (SSSR count). The van der Waals surface area contributed by atoms with Gasteiger partial charge in [-0.05, 0) is 45.0 Å². The Morgan fingerprint density at radius 1 is 0.878 bits per heavy atom. The molecule has 0 amide bonds.